The van der Waals surface area contributed by atoms with Crippen LogP contribution in [0.2, 0.25) is 0 Å². The molecule has 1 aromatic heterocycles. The number of carbonyl (C=O) groups excluding carboxylic acids is 1. The molecule has 0 spiro atoms. The first kappa shape index (κ1) is 12.8. The predicted molar refractivity (Wildman–Crippen MR) is 65.6 cm³/mol. The van der Waals surface area contributed by atoms with E-state index in [4.69, 9.17) is 0 Å². The fourth-order valence-corrected chi connectivity index (χ4v) is 2.45. The number of ether oxygens (including phenoxy) is 1. The van der Waals surface area contributed by atoms with Crippen molar-refractivity contribution < 1.29 is 14.6 Å². The third-order valence-electron chi connectivity index (χ3n) is 3.39. The first-order chi connectivity index (χ1) is 8.63. The molecule has 2 rings (SSSR count). The normalized spacial score (nSPS) is 23.7. The maximum Gasteiger partial charge on any atom is 0.343 e. The third kappa shape index (κ3) is 2.46. The van der Waals surface area contributed by atoms with Crippen molar-refractivity contribution in [2.45, 2.75) is 37.8 Å². The highest BCUT2D eigenvalue weighted by molar-refractivity contribution is 5.88. The lowest BCUT2D eigenvalue weighted by atomic mass is 9.92. The Bertz CT molecular complexity index is 494. The number of aromatic nitrogens is 1. The van der Waals surface area contributed by atoms with Crippen LogP contribution >= 0.6 is 0 Å². The molecule has 0 aliphatic heterocycles. The minimum atomic E-state index is -0.620. The number of rotatable bonds is 2. The van der Waals surface area contributed by atoms with E-state index >= 15 is 0 Å². The van der Waals surface area contributed by atoms with E-state index in [2.05, 4.69) is 4.74 Å². The minimum absolute atomic E-state index is 0.0362. The van der Waals surface area contributed by atoms with Crippen molar-refractivity contribution in [2.75, 3.05) is 7.11 Å². The molecular weight excluding hydrogens is 234 g/mol. The Morgan fingerprint density at radius 3 is 2.94 bits per heavy atom. The zero-order chi connectivity index (χ0) is 13.1. The summed E-state index contributed by atoms with van der Waals surface area (Å²) in [6.07, 6.45) is 4.38. The van der Waals surface area contributed by atoms with Crippen molar-refractivity contribution in [3.05, 3.63) is 34.2 Å². The van der Waals surface area contributed by atoms with Gasteiger partial charge >= 0.3 is 5.97 Å². The Kier molecular flexibility index (Phi) is 3.81. The van der Waals surface area contributed by atoms with Gasteiger partial charge in [0, 0.05) is 12.2 Å². The molecule has 1 heterocycles. The number of methoxy groups -OCH3 is 1. The summed E-state index contributed by atoms with van der Waals surface area (Å²) < 4.78 is 6.12. The monoisotopic (exact) mass is 251 g/mol. The van der Waals surface area contributed by atoms with Crippen LogP contribution in [0.3, 0.4) is 0 Å². The summed E-state index contributed by atoms with van der Waals surface area (Å²) in [5.74, 6) is -0.620. The largest absolute Gasteiger partial charge is 0.465 e. The number of carbonyl (C=O) groups is 1. The van der Waals surface area contributed by atoms with Gasteiger partial charge < -0.3 is 14.4 Å². The lowest BCUT2D eigenvalue weighted by Crippen LogP contribution is -2.32. The Morgan fingerprint density at radius 1 is 1.50 bits per heavy atom. The molecule has 1 aliphatic rings. The Balaban J connectivity index is 2.34. The number of esters is 1. The Labute approximate surface area is 105 Å². The topological polar surface area (TPSA) is 68.5 Å². The molecule has 98 valence electrons. The second-order valence-electron chi connectivity index (χ2n) is 4.60. The van der Waals surface area contributed by atoms with E-state index in [9.17, 15) is 14.7 Å². The van der Waals surface area contributed by atoms with Crippen LogP contribution in [0.4, 0.5) is 0 Å². The van der Waals surface area contributed by atoms with E-state index in [0.29, 0.717) is 6.42 Å². The number of nitrogens with zero attached hydrogens (tertiary/aromatic N) is 1. The molecule has 1 fully saturated rings. The number of hydrogen-bond donors (Lipinski definition) is 1. The quantitative estimate of drug-likeness (QED) is 0.799. The van der Waals surface area contributed by atoms with Crippen LogP contribution in [0.15, 0.2) is 23.1 Å². The molecule has 1 aliphatic carbocycles. The highest BCUT2D eigenvalue weighted by atomic mass is 16.5. The van der Waals surface area contributed by atoms with Gasteiger partial charge in [-0.15, -0.1) is 0 Å². The van der Waals surface area contributed by atoms with E-state index in [1.54, 1.807) is 12.3 Å². The molecule has 1 aromatic rings. The van der Waals surface area contributed by atoms with Gasteiger partial charge in [-0.2, -0.15) is 0 Å². The van der Waals surface area contributed by atoms with Crippen LogP contribution in [0, 0.1) is 0 Å². The standard InChI is InChI=1S/C13H17NO4/c1-18-13(17)11-6-3-7-14(12(11)16)9-4-2-5-10(15)8-9/h3,6-7,9-10,15H,2,4-5,8H2,1H3/t9-,10?/m1/s1. The summed E-state index contributed by atoms with van der Waals surface area (Å²) in [5, 5.41) is 9.65. The van der Waals surface area contributed by atoms with Crippen LogP contribution in [0.5, 0.6) is 0 Å². The molecule has 1 N–H and O–H groups in total. The first-order valence-electron chi connectivity index (χ1n) is 6.11. The van der Waals surface area contributed by atoms with Gasteiger partial charge in [0.25, 0.3) is 5.56 Å². The summed E-state index contributed by atoms with van der Waals surface area (Å²) in [6, 6.07) is 3.09. The van der Waals surface area contributed by atoms with Crippen molar-refractivity contribution >= 4 is 5.97 Å². The molecule has 2 atom stereocenters. The molecule has 0 radical (unpaired) electrons. The Morgan fingerprint density at radius 2 is 2.28 bits per heavy atom. The van der Waals surface area contributed by atoms with E-state index in [0.717, 1.165) is 19.3 Å². The van der Waals surface area contributed by atoms with Gasteiger partial charge in [-0.1, -0.05) is 0 Å². The summed E-state index contributed by atoms with van der Waals surface area (Å²) >= 11 is 0. The maximum atomic E-state index is 12.2. The van der Waals surface area contributed by atoms with Gasteiger partial charge in [0.15, 0.2) is 0 Å². The van der Waals surface area contributed by atoms with E-state index < -0.39 is 5.97 Å². The van der Waals surface area contributed by atoms with Gasteiger partial charge in [0.1, 0.15) is 5.56 Å². The average Bonchev–Trinajstić information content (AvgIpc) is 2.38. The highest BCUT2D eigenvalue weighted by Gasteiger charge is 2.23. The van der Waals surface area contributed by atoms with Crippen molar-refractivity contribution in [3.8, 4) is 0 Å². The third-order valence-corrected chi connectivity index (χ3v) is 3.39. The molecule has 5 nitrogen and oxygen atoms in total. The number of pyridine rings is 1. The smallest absolute Gasteiger partial charge is 0.343 e. The fourth-order valence-electron chi connectivity index (χ4n) is 2.45. The second-order valence-corrected chi connectivity index (χ2v) is 4.60. The maximum absolute atomic E-state index is 12.2. The van der Waals surface area contributed by atoms with Gasteiger partial charge in [-0.3, -0.25) is 4.79 Å². The van der Waals surface area contributed by atoms with Gasteiger partial charge in [0.2, 0.25) is 0 Å². The SMILES string of the molecule is COC(=O)c1cccn([C@@H]2CCCC(O)C2)c1=O. The zero-order valence-electron chi connectivity index (χ0n) is 10.3. The van der Waals surface area contributed by atoms with Crippen LogP contribution in [0.25, 0.3) is 0 Å². The summed E-state index contributed by atoms with van der Waals surface area (Å²) in [6.45, 7) is 0. The first-order valence-corrected chi connectivity index (χ1v) is 6.11. The van der Waals surface area contributed by atoms with Crippen molar-refractivity contribution in [2.24, 2.45) is 0 Å². The minimum Gasteiger partial charge on any atom is -0.465 e. The molecule has 5 heteroatoms. The van der Waals surface area contributed by atoms with Crippen LogP contribution < -0.4 is 5.56 Å². The predicted octanol–water partition coefficient (Wildman–Crippen LogP) is 1.11. The van der Waals surface area contributed by atoms with Gasteiger partial charge in [-0.05, 0) is 37.8 Å². The number of aliphatic hydroxyl groups excluding tert-OH is 1. The molecule has 1 unspecified atom stereocenters. The van der Waals surface area contributed by atoms with Crippen LogP contribution in [-0.4, -0.2) is 28.9 Å². The van der Waals surface area contributed by atoms with E-state index in [-0.39, 0.29) is 23.3 Å². The number of aliphatic hydroxyl groups is 1. The molecule has 0 amide bonds. The van der Waals surface area contributed by atoms with Crippen LogP contribution in [0.1, 0.15) is 42.1 Å². The molecule has 1 saturated carbocycles. The molecule has 0 saturated heterocycles. The van der Waals surface area contributed by atoms with E-state index in [1.165, 1.54) is 17.7 Å². The van der Waals surface area contributed by atoms with Crippen molar-refractivity contribution in [1.82, 2.24) is 4.57 Å². The van der Waals surface area contributed by atoms with Gasteiger partial charge in [-0.25, -0.2) is 4.79 Å². The van der Waals surface area contributed by atoms with Crippen LogP contribution in [-0.2, 0) is 4.74 Å². The van der Waals surface area contributed by atoms with Gasteiger partial charge in [0.05, 0.1) is 13.2 Å². The molecular formula is C13H17NO4. The highest BCUT2D eigenvalue weighted by Crippen LogP contribution is 2.27. The summed E-state index contributed by atoms with van der Waals surface area (Å²) in [5.41, 5.74) is -0.302. The number of hydrogen-bond acceptors (Lipinski definition) is 4. The van der Waals surface area contributed by atoms with Crippen molar-refractivity contribution in [1.29, 1.82) is 0 Å². The lowest BCUT2D eigenvalue weighted by molar-refractivity contribution is 0.0597. The molecule has 18 heavy (non-hydrogen) atoms. The van der Waals surface area contributed by atoms with Crippen molar-refractivity contribution in [3.63, 3.8) is 0 Å². The zero-order valence-corrected chi connectivity index (χ0v) is 10.3. The van der Waals surface area contributed by atoms with E-state index in [1.807, 2.05) is 0 Å². The Hall–Kier alpha value is -1.62. The average molecular weight is 251 g/mol. The summed E-state index contributed by atoms with van der Waals surface area (Å²) in [7, 11) is 1.25. The fraction of sp³-hybridized carbons (Fsp3) is 0.538. The lowest BCUT2D eigenvalue weighted by Gasteiger charge is -2.27. The molecule has 0 aromatic carbocycles. The second kappa shape index (κ2) is 5.35. The molecule has 0 bridgehead atoms. The summed E-state index contributed by atoms with van der Waals surface area (Å²) in [4.78, 5) is 23.6.